The van der Waals surface area contributed by atoms with Crippen molar-refractivity contribution in [2.75, 3.05) is 50.5 Å². The molecule has 9 nitrogen and oxygen atoms in total. The van der Waals surface area contributed by atoms with E-state index in [0.29, 0.717) is 11.9 Å². The van der Waals surface area contributed by atoms with Gasteiger partial charge in [0.25, 0.3) is 0 Å². The van der Waals surface area contributed by atoms with Gasteiger partial charge < -0.3 is 20.5 Å². The second-order valence-corrected chi connectivity index (χ2v) is 8.61. The third kappa shape index (κ3) is 5.44. The van der Waals surface area contributed by atoms with Crippen molar-refractivity contribution in [1.82, 2.24) is 35.1 Å². The Labute approximate surface area is 205 Å². The highest BCUT2D eigenvalue weighted by Gasteiger charge is 2.12. The summed E-state index contributed by atoms with van der Waals surface area (Å²) in [6, 6.07) is 12.3. The van der Waals surface area contributed by atoms with Gasteiger partial charge in [-0.3, -0.25) is 4.90 Å². The van der Waals surface area contributed by atoms with Crippen LogP contribution in [0.4, 0.5) is 17.7 Å². The first kappa shape index (κ1) is 23.9. The molecule has 5 rings (SSSR count). The summed E-state index contributed by atoms with van der Waals surface area (Å²) < 4.78 is 0. The van der Waals surface area contributed by atoms with Crippen molar-refractivity contribution in [2.24, 2.45) is 0 Å². The predicted molar refractivity (Wildman–Crippen MR) is 139 cm³/mol. The quantitative estimate of drug-likeness (QED) is 0.387. The number of anilines is 3. The zero-order valence-electron chi connectivity index (χ0n) is 19.7. The maximum Gasteiger partial charge on any atom is 0.225 e. The van der Waals surface area contributed by atoms with Gasteiger partial charge in [-0.1, -0.05) is 6.07 Å². The number of fused-ring (bicyclic) bond motifs is 1. The molecule has 4 heterocycles. The summed E-state index contributed by atoms with van der Waals surface area (Å²) in [6.45, 7) is 7.13. The van der Waals surface area contributed by atoms with Crippen molar-refractivity contribution < 1.29 is 0 Å². The molecular weight excluding hydrogens is 450 g/mol. The lowest BCUT2D eigenvalue weighted by atomic mass is 10.1. The smallest absolute Gasteiger partial charge is 0.225 e. The van der Waals surface area contributed by atoms with Crippen molar-refractivity contribution in [1.29, 1.82) is 0 Å². The van der Waals surface area contributed by atoms with E-state index < -0.39 is 0 Å². The number of H-pyrrole nitrogens is 1. The van der Waals surface area contributed by atoms with Crippen molar-refractivity contribution >= 4 is 41.2 Å². The zero-order valence-corrected chi connectivity index (χ0v) is 20.5. The van der Waals surface area contributed by atoms with E-state index in [2.05, 4.69) is 58.7 Å². The Bertz CT molecular complexity index is 1260. The molecular formula is C24H30ClN9. The average molecular weight is 480 g/mol. The summed E-state index contributed by atoms with van der Waals surface area (Å²) in [5.74, 6) is 2.15. The van der Waals surface area contributed by atoms with Gasteiger partial charge in [0.05, 0.1) is 16.7 Å². The maximum absolute atomic E-state index is 4.69. The Morgan fingerprint density at radius 3 is 2.65 bits per heavy atom. The highest BCUT2D eigenvalue weighted by molar-refractivity contribution is 5.85. The van der Waals surface area contributed by atoms with Crippen LogP contribution in [0.5, 0.6) is 0 Å². The van der Waals surface area contributed by atoms with E-state index in [1.54, 1.807) is 0 Å². The van der Waals surface area contributed by atoms with Crippen LogP contribution in [-0.2, 0) is 6.54 Å². The number of nitrogens with one attached hydrogen (secondary N) is 3. The number of aromatic amines is 1. The molecule has 0 spiro atoms. The monoisotopic (exact) mass is 479 g/mol. The normalized spacial score (nSPS) is 14.1. The van der Waals surface area contributed by atoms with Gasteiger partial charge in [-0.25, -0.2) is 19.9 Å². The first-order chi connectivity index (χ1) is 16.0. The Kier molecular flexibility index (Phi) is 7.26. The Morgan fingerprint density at radius 1 is 1.03 bits per heavy atom. The minimum Gasteiger partial charge on any atom is -0.347 e. The molecule has 3 N–H and O–H groups in total. The minimum atomic E-state index is 0. The van der Waals surface area contributed by atoms with E-state index in [1.165, 1.54) is 5.56 Å². The molecule has 1 aromatic carbocycles. The van der Waals surface area contributed by atoms with Crippen molar-refractivity contribution in [3.05, 3.63) is 53.9 Å². The van der Waals surface area contributed by atoms with Crippen molar-refractivity contribution in [2.45, 2.75) is 13.5 Å². The average Bonchev–Trinajstić information content (AvgIpc) is 3.21. The predicted octanol–water partition coefficient (Wildman–Crippen LogP) is 3.36. The minimum absolute atomic E-state index is 0. The molecule has 1 aliphatic rings. The van der Waals surface area contributed by atoms with Crippen LogP contribution in [0.1, 0.15) is 11.3 Å². The molecule has 0 aliphatic carbocycles. The molecule has 4 aromatic rings. The molecule has 1 saturated heterocycles. The van der Waals surface area contributed by atoms with Gasteiger partial charge in [-0.05, 0) is 42.8 Å². The van der Waals surface area contributed by atoms with Crippen LogP contribution in [0.25, 0.3) is 22.3 Å². The van der Waals surface area contributed by atoms with Crippen LogP contribution < -0.4 is 15.5 Å². The molecule has 178 valence electrons. The molecule has 0 amide bonds. The van der Waals surface area contributed by atoms with Crippen molar-refractivity contribution in [3.63, 3.8) is 0 Å². The number of halogens is 1. The van der Waals surface area contributed by atoms with Crippen LogP contribution in [-0.4, -0.2) is 70.1 Å². The third-order valence-corrected chi connectivity index (χ3v) is 5.71. The number of rotatable bonds is 6. The summed E-state index contributed by atoms with van der Waals surface area (Å²) in [4.78, 5) is 26.1. The van der Waals surface area contributed by atoms with Gasteiger partial charge in [0, 0.05) is 64.3 Å². The molecule has 1 aliphatic heterocycles. The summed E-state index contributed by atoms with van der Waals surface area (Å²) in [5.41, 5.74) is 5.90. The fourth-order valence-electron chi connectivity index (χ4n) is 4.02. The molecule has 0 saturated carbocycles. The number of imidazole rings is 1. The highest BCUT2D eigenvalue weighted by Crippen LogP contribution is 2.25. The summed E-state index contributed by atoms with van der Waals surface area (Å²) in [5, 5.41) is 6.72. The molecule has 1 fully saturated rings. The van der Waals surface area contributed by atoms with Gasteiger partial charge in [-0.15, -0.1) is 12.4 Å². The molecule has 0 bridgehead atoms. The molecule has 34 heavy (non-hydrogen) atoms. The van der Waals surface area contributed by atoms with Crippen molar-refractivity contribution in [3.8, 4) is 11.3 Å². The lowest BCUT2D eigenvalue weighted by Gasteiger charge is -2.27. The molecule has 0 atom stereocenters. The van der Waals surface area contributed by atoms with Gasteiger partial charge in [0.15, 0.2) is 0 Å². The third-order valence-electron chi connectivity index (χ3n) is 5.71. The number of aromatic nitrogens is 5. The molecule has 3 aromatic heterocycles. The van der Waals surface area contributed by atoms with E-state index in [4.69, 9.17) is 0 Å². The van der Waals surface area contributed by atoms with E-state index in [0.717, 1.165) is 66.5 Å². The van der Waals surface area contributed by atoms with Crippen LogP contribution in [0, 0.1) is 6.92 Å². The van der Waals surface area contributed by atoms with E-state index in [1.807, 2.05) is 50.3 Å². The Balaban J connectivity index is 0.00000274. The van der Waals surface area contributed by atoms with Crippen LogP contribution in [0.3, 0.4) is 0 Å². The fourth-order valence-corrected chi connectivity index (χ4v) is 4.02. The lowest BCUT2D eigenvalue weighted by molar-refractivity contribution is 0.233. The Hall–Kier alpha value is -3.27. The van der Waals surface area contributed by atoms with E-state index in [-0.39, 0.29) is 12.4 Å². The first-order valence-electron chi connectivity index (χ1n) is 11.2. The maximum atomic E-state index is 4.69. The largest absolute Gasteiger partial charge is 0.347 e. The zero-order chi connectivity index (χ0) is 22.8. The second kappa shape index (κ2) is 10.3. The van der Waals surface area contributed by atoms with Crippen LogP contribution >= 0.6 is 12.4 Å². The topological polar surface area (TPSA) is 97.9 Å². The second-order valence-electron chi connectivity index (χ2n) is 8.61. The number of aryl methyl sites for hydroxylation is 1. The number of benzene rings is 1. The van der Waals surface area contributed by atoms with E-state index >= 15 is 0 Å². The van der Waals surface area contributed by atoms with Gasteiger partial charge in [0.1, 0.15) is 5.82 Å². The lowest BCUT2D eigenvalue weighted by Crippen LogP contribution is -2.42. The number of hydrogen-bond acceptors (Lipinski definition) is 8. The highest BCUT2D eigenvalue weighted by atomic mass is 35.5. The number of pyridine rings is 1. The molecule has 10 heteroatoms. The summed E-state index contributed by atoms with van der Waals surface area (Å²) >= 11 is 0. The van der Waals surface area contributed by atoms with Crippen LogP contribution in [0.2, 0.25) is 0 Å². The number of piperazine rings is 1. The summed E-state index contributed by atoms with van der Waals surface area (Å²) in [7, 11) is 3.89. The molecule has 0 unspecified atom stereocenters. The fraction of sp³-hybridized carbons (Fsp3) is 0.333. The molecule has 0 radical (unpaired) electrons. The van der Waals surface area contributed by atoms with Gasteiger partial charge in [0.2, 0.25) is 11.9 Å². The van der Waals surface area contributed by atoms with Gasteiger partial charge in [-0.2, -0.15) is 0 Å². The standard InChI is InChI=1S/C24H29N9.ClH/c1-16-12-20(30-24(27-16)32(2)3)18-4-5-19-21(14-18)29-23(28-19)31-22-13-17(6-7-26-22)15-33-10-8-25-9-11-33;/h4-7,12-14,25H,8-11,15H2,1-3H3,(H2,26,28,29,31);1H. The number of nitrogens with zero attached hydrogens (tertiary/aromatic N) is 6. The number of hydrogen-bond donors (Lipinski definition) is 3. The SMILES string of the molecule is Cc1cc(-c2ccc3nc(Nc4cc(CN5CCNCC5)ccn4)[nH]c3c2)nc(N(C)C)n1.Cl. The van der Waals surface area contributed by atoms with Crippen LogP contribution in [0.15, 0.2) is 42.6 Å². The summed E-state index contributed by atoms with van der Waals surface area (Å²) in [6.07, 6.45) is 1.85. The Morgan fingerprint density at radius 2 is 1.85 bits per heavy atom. The van der Waals surface area contributed by atoms with E-state index in [9.17, 15) is 0 Å². The first-order valence-corrected chi connectivity index (χ1v) is 11.2. The van der Waals surface area contributed by atoms with Gasteiger partial charge >= 0.3 is 0 Å².